The van der Waals surface area contributed by atoms with E-state index >= 15 is 0 Å². The fourth-order valence-corrected chi connectivity index (χ4v) is 17.4. The largest absolute Gasteiger partial charge is 0.455 e. The molecule has 0 spiro atoms. The summed E-state index contributed by atoms with van der Waals surface area (Å²) in [6.07, 6.45) is 9.14. The van der Waals surface area contributed by atoms with Crippen molar-refractivity contribution in [2.24, 2.45) is 5.92 Å². The number of furan rings is 1. The van der Waals surface area contributed by atoms with Crippen LogP contribution in [-0.4, -0.2) is 14.6 Å². The van der Waals surface area contributed by atoms with E-state index < -0.39 is 0 Å². The SMILES string of the molecule is CC(C)(C)c1ccc2c(c1)oc1c2cc2c3cc4c(cc3n3c5cc6c7c8c(cc9c%10c%11c(c(C#N)cc%10n(c6cc5c1c23)c97)C1c2ccccc2C%11c2ccccc21)C1CCC8CC1)C(=O)C1CCC4CC1. The van der Waals surface area contributed by atoms with Gasteiger partial charge in [-0.15, -0.1) is 0 Å². The first-order valence-corrected chi connectivity index (χ1v) is 27.3. The minimum atomic E-state index is -0.0291. The Morgan fingerprint density at radius 3 is 1.77 bits per heavy atom. The monoisotopic (exact) mass is 939 g/mol. The van der Waals surface area contributed by atoms with Gasteiger partial charge >= 0.3 is 0 Å². The summed E-state index contributed by atoms with van der Waals surface area (Å²) in [7, 11) is 0. The summed E-state index contributed by atoms with van der Waals surface area (Å²) in [5.41, 5.74) is 24.3. The highest BCUT2D eigenvalue weighted by atomic mass is 16.3. The van der Waals surface area contributed by atoms with Crippen LogP contribution in [-0.2, 0) is 5.41 Å². The molecule has 348 valence electrons. The number of hydrogen-bond acceptors (Lipinski definition) is 3. The van der Waals surface area contributed by atoms with Gasteiger partial charge in [-0.25, -0.2) is 0 Å². The number of hydrogen-bond donors (Lipinski definition) is 0. The predicted molar refractivity (Wildman–Crippen MR) is 294 cm³/mol. The molecule has 5 heteroatoms. The molecule has 5 aromatic heterocycles. The van der Waals surface area contributed by atoms with Gasteiger partial charge in [-0.05, 0) is 179 Å². The van der Waals surface area contributed by atoms with E-state index in [1.807, 2.05) is 0 Å². The number of fused-ring (bicyclic) bond motifs is 20. The van der Waals surface area contributed by atoms with Crippen molar-refractivity contribution in [3.05, 3.63) is 176 Å². The van der Waals surface area contributed by atoms with Gasteiger partial charge in [0.25, 0.3) is 0 Å². The Balaban J connectivity index is 1.02. The first kappa shape index (κ1) is 38.9. The first-order valence-electron chi connectivity index (χ1n) is 27.3. The van der Waals surface area contributed by atoms with Crippen molar-refractivity contribution in [1.82, 2.24) is 8.80 Å². The van der Waals surface area contributed by atoms with Gasteiger partial charge in [-0.3, -0.25) is 4.79 Å². The third-order valence-corrected chi connectivity index (χ3v) is 20.5. The van der Waals surface area contributed by atoms with Crippen LogP contribution in [0.3, 0.4) is 0 Å². The molecule has 22 rings (SSSR count). The molecular weight excluding hydrogens is 891 g/mol. The number of Topliss-reactive ketones (excluding diaryl/α,β-unsaturated/α-hetero) is 1. The van der Waals surface area contributed by atoms with E-state index in [1.54, 1.807) is 11.1 Å². The van der Waals surface area contributed by atoms with Crippen LogP contribution < -0.4 is 0 Å². The molecular formula is C68H49N3O2. The minimum Gasteiger partial charge on any atom is -0.455 e. The molecule has 0 atom stereocenters. The molecule has 5 heterocycles. The third-order valence-electron chi connectivity index (χ3n) is 20.5. The van der Waals surface area contributed by atoms with Crippen LogP contribution in [0.2, 0.25) is 0 Å². The summed E-state index contributed by atoms with van der Waals surface area (Å²) in [5.74, 6) is 1.99. The lowest BCUT2D eigenvalue weighted by Gasteiger charge is -2.43. The summed E-state index contributed by atoms with van der Waals surface area (Å²) >= 11 is 0. The van der Waals surface area contributed by atoms with Crippen LogP contribution in [0.1, 0.15) is 173 Å². The number of carbonyl (C=O) groups is 1. The topological polar surface area (TPSA) is 62.8 Å². The average molecular weight is 940 g/mol. The van der Waals surface area contributed by atoms with Crippen LogP contribution in [0, 0.1) is 17.2 Å². The Kier molecular flexibility index (Phi) is 6.69. The maximum atomic E-state index is 14.5. The van der Waals surface area contributed by atoms with Crippen molar-refractivity contribution in [2.75, 3.05) is 0 Å². The average Bonchev–Trinajstić information content (AvgIpc) is 4.24. The highest BCUT2D eigenvalue weighted by Gasteiger charge is 2.46. The minimum absolute atomic E-state index is 0.00712. The van der Waals surface area contributed by atoms with Gasteiger partial charge in [0.2, 0.25) is 0 Å². The summed E-state index contributed by atoms with van der Waals surface area (Å²) in [4.78, 5) is 14.5. The zero-order chi connectivity index (χ0) is 47.8. The summed E-state index contributed by atoms with van der Waals surface area (Å²) < 4.78 is 12.4. The standard InChI is InChI=1S/C68H49N3O2/c1-68(2,3)36-20-21-37-47-26-45-44-24-42-31-14-18-34(19-15-31)66(72)46(42)27-51(44)70-53-28-48-52(29-49(53)62(64(45)70)67(47)73-55(37)23-36)71-54-22-35(30-69)57-58-38-8-4-6-10-40(38)59(41-11-7-5-9-39(41)58)63(57)60(54)50-25-43-32-12-16-33(17-13-32)56(43)61(48)65(50)71/h4-11,20-29,31-34,58-59H,12-19H2,1-3H3. The second-order valence-corrected chi connectivity index (χ2v) is 24.6. The second kappa shape index (κ2) is 12.6. The fourth-order valence-electron chi connectivity index (χ4n) is 17.4. The van der Waals surface area contributed by atoms with Gasteiger partial charge in [0, 0.05) is 71.8 Å². The van der Waals surface area contributed by atoms with Crippen molar-refractivity contribution in [1.29, 1.82) is 5.26 Å². The molecule has 2 saturated carbocycles. The van der Waals surface area contributed by atoms with E-state index in [4.69, 9.17) is 4.42 Å². The Morgan fingerprint density at radius 2 is 1.08 bits per heavy atom. The van der Waals surface area contributed by atoms with Gasteiger partial charge < -0.3 is 13.2 Å². The lowest BCUT2D eigenvalue weighted by Crippen LogP contribution is -2.28. The Hall–Kier alpha value is -7.68. The lowest BCUT2D eigenvalue weighted by atomic mass is 9.59. The van der Waals surface area contributed by atoms with E-state index in [9.17, 15) is 10.1 Å². The molecule has 0 unspecified atom stereocenters. The number of nitriles is 1. The van der Waals surface area contributed by atoms with Gasteiger partial charge in [-0.2, -0.15) is 5.26 Å². The first-order chi connectivity index (χ1) is 35.7. The molecule has 0 amide bonds. The summed E-state index contributed by atoms with van der Waals surface area (Å²) in [6, 6.07) is 44.9. The molecule has 0 aliphatic heterocycles. The van der Waals surface area contributed by atoms with Crippen LogP contribution in [0.15, 0.2) is 114 Å². The van der Waals surface area contributed by atoms with Crippen LogP contribution in [0.5, 0.6) is 0 Å². The Morgan fingerprint density at radius 1 is 0.493 bits per heavy atom. The molecule has 0 radical (unpaired) electrons. The van der Waals surface area contributed by atoms with Crippen molar-refractivity contribution in [3.8, 4) is 6.07 Å². The van der Waals surface area contributed by atoms with Gasteiger partial charge in [0.15, 0.2) is 5.78 Å². The fraction of sp³-hybridized carbons (Fsp3) is 0.265. The number of nitrogens with zero attached hydrogens (tertiary/aromatic N) is 3. The highest BCUT2D eigenvalue weighted by Crippen LogP contribution is 2.62. The molecule has 13 aromatic rings. The summed E-state index contributed by atoms with van der Waals surface area (Å²) in [5, 5.41) is 23.8. The number of carbonyl (C=O) groups excluding carboxylic acids is 1. The molecule has 0 N–H and O–H groups in total. The highest BCUT2D eigenvalue weighted by molar-refractivity contribution is 6.35. The molecule has 73 heavy (non-hydrogen) atoms. The molecule has 8 aromatic carbocycles. The zero-order valence-corrected chi connectivity index (χ0v) is 41.2. The zero-order valence-electron chi connectivity index (χ0n) is 41.2. The van der Waals surface area contributed by atoms with Gasteiger partial charge in [0.05, 0.1) is 50.1 Å². The van der Waals surface area contributed by atoms with Crippen LogP contribution in [0.4, 0.5) is 0 Å². The molecule has 6 bridgehead atoms. The maximum absolute atomic E-state index is 14.5. The van der Waals surface area contributed by atoms with Crippen LogP contribution in [0.25, 0.3) is 98.1 Å². The number of aromatic nitrogens is 2. The summed E-state index contributed by atoms with van der Waals surface area (Å²) in [6.45, 7) is 6.82. The van der Waals surface area contributed by atoms with E-state index in [0.717, 1.165) is 75.2 Å². The molecule has 9 aliphatic rings. The Bertz CT molecular complexity index is 4800. The van der Waals surface area contributed by atoms with E-state index in [2.05, 4.69) is 145 Å². The van der Waals surface area contributed by atoms with Crippen LogP contribution >= 0.6 is 0 Å². The Labute approximate surface area is 420 Å². The van der Waals surface area contributed by atoms with E-state index in [0.29, 0.717) is 23.5 Å². The normalized spacial score (nSPS) is 22.8. The molecule has 0 saturated heterocycles. The number of benzene rings is 8. The van der Waals surface area contributed by atoms with E-state index in [-0.39, 0.29) is 23.2 Å². The maximum Gasteiger partial charge on any atom is 0.166 e. The molecule has 2 fully saturated rings. The lowest BCUT2D eigenvalue weighted by molar-refractivity contribution is 0.0898. The third kappa shape index (κ3) is 4.36. The number of rotatable bonds is 0. The van der Waals surface area contributed by atoms with Crippen molar-refractivity contribution in [2.45, 2.75) is 107 Å². The van der Waals surface area contributed by atoms with E-state index in [1.165, 1.54) is 130 Å². The number of ketones is 1. The second-order valence-electron chi connectivity index (χ2n) is 24.6. The molecule has 5 nitrogen and oxygen atoms in total. The smallest absolute Gasteiger partial charge is 0.166 e. The van der Waals surface area contributed by atoms with Crippen molar-refractivity contribution >= 4 is 104 Å². The van der Waals surface area contributed by atoms with Crippen molar-refractivity contribution in [3.63, 3.8) is 0 Å². The van der Waals surface area contributed by atoms with Crippen molar-refractivity contribution < 1.29 is 9.21 Å². The van der Waals surface area contributed by atoms with Gasteiger partial charge in [-0.1, -0.05) is 81.4 Å². The van der Waals surface area contributed by atoms with Gasteiger partial charge in [0.1, 0.15) is 11.2 Å². The quantitative estimate of drug-likeness (QED) is 0.152. The molecule has 9 aliphatic carbocycles. The predicted octanol–water partition coefficient (Wildman–Crippen LogP) is 17.3.